The lowest BCUT2D eigenvalue weighted by Gasteiger charge is -2.12. The van der Waals surface area contributed by atoms with Crippen molar-refractivity contribution in [3.8, 4) is 11.5 Å². The van der Waals surface area contributed by atoms with E-state index in [0.29, 0.717) is 36.0 Å². The van der Waals surface area contributed by atoms with Crippen molar-refractivity contribution in [1.82, 2.24) is 4.98 Å². The molecule has 1 N–H and O–H groups in total. The van der Waals surface area contributed by atoms with E-state index >= 15 is 0 Å². The van der Waals surface area contributed by atoms with Crippen LogP contribution in [0.5, 0.6) is 11.5 Å². The van der Waals surface area contributed by atoms with Crippen molar-refractivity contribution >= 4 is 11.6 Å². The zero-order valence-electron chi connectivity index (χ0n) is 12.1. The van der Waals surface area contributed by atoms with Crippen LogP contribution in [-0.4, -0.2) is 24.1 Å². The van der Waals surface area contributed by atoms with Crippen molar-refractivity contribution in [2.24, 2.45) is 0 Å². The van der Waals surface area contributed by atoms with E-state index in [0.717, 1.165) is 0 Å². The van der Waals surface area contributed by atoms with Crippen LogP contribution in [0.15, 0.2) is 42.7 Å². The predicted molar refractivity (Wildman–Crippen MR) is 81.0 cm³/mol. The molecule has 5 nitrogen and oxygen atoms in total. The van der Waals surface area contributed by atoms with Gasteiger partial charge in [-0.25, -0.2) is 0 Å². The summed E-state index contributed by atoms with van der Waals surface area (Å²) in [5, 5.41) is 2.80. The molecule has 1 aromatic carbocycles. The van der Waals surface area contributed by atoms with Gasteiger partial charge in [0.25, 0.3) is 5.91 Å². The number of rotatable bonds is 6. The maximum atomic E-state index is 12.2. The lowest BCUT2D eigenvalue weighted by Crippen LogP contribution is -2.12. The van der Waals surface area contributed by atoms with E-state index in [9.17, 15) is 4.79 Å². The topological polar surface area (TPSA) is 60.5 Å². The zero-order valence-corrected chi connectivity index (χ0v) is 12.1. The number of benzene rings is 1. The summed E-state index contributed by atoms with van der Waals surface area (Å²) in [6, 6.07) is 8.61. The van der Waals surface area contributed by atoms with Crippen LogP contribution < -0.4 is 14.8 Å². The molecule has 0 saturated heterocycles. The molecular weight excluding hydrogens is 268 g/mol. The van der Waals surface area contributed by atoms with E-state index < -0.39 is 0 Å². The molecule has 0 spiro atoms. The smallest absolute Gasteiger partial charge is 0.255 e. The highest BCUT2D eigenvalue weighted by molar-refractivity contribution is 6.04. The normalized spacial score (nSPS) is 10.0. The van der Waals surface area contributed by atoms with Gasteiger partial charge in [0.15, 0.2) is 11.5 Å². The standard InChI is InChI=1S/C16H18N2O3/c1-3-20-14-6-5-12(11-15(14)21-4-2)16(19)18-13-7-9-17-10-8-13/h5-11H,3-4H2,1-2H3,(H,17,18,19). The Morgan fingerprint density at radius 3 is 2.38 bits per heavy atom. The molecule has 110 valence electrons. The minimum absolute atomic E-state index is 0.204. The van der Waals surface area contributed by atoms with Crippen molar-refractivity contribution < 1.29 is 14.3 Å². The second-order valence-corrected chi connectivity index (χ2v) is 4.22. The van der Waals surface area contributed by atoms with Crippen molar-refractivity contribution in [3.63, 3.8) is 0 Å². The highest BCUT2D eigenvalue weighted by Crippen LogP contribution is 2.28. The third-order valence-corrected chi connectivity index (χ3v) is 2.74. The minimum Gasteiger partial charge on any atom is -0.490 e. The maximum absolute atomic E-state index is 12.2. The number of amides is 1. The Morgan fingerprint density at radius 2 is 1.71 bits per heavy atom. The molecule has 2 aromatic rings. The summed E-state index contributed by atoms with van der Waals surface area (Å²) >= 11 is 0. The third kappa shape index (κ3) is 3.95. The van der Waals surface area contributed by atoms with Gasteiger partial charge >= 0.3 is 0 Å². The molecule has 0 fully saturated rings. The van der Waals surface area contributed by atoms with E-state index in [4.69, 9.17) is 9.47 Å². The number of ether oxygens (including phenoxy) is 2. The highest BCUT2D eigenvalue weighted by Gasteiger charge is 2.11. The summed E-state index contributed by atoms with van der Waals surface area (Å²) in [6.45, 7) is 4.84. The van der Waals surface area contributed by atoms with Crippen LogP contribution in [0.4, 0.5) is 5.69 Å². The second-order valence-electron chi connectivity index (χ2n) is 4.22. The van der Waals surface area contributed by atoms with Crippen molar-refractivity contribution in [2.75, 3.05) is 18.5 Å². The fourth-order valence-electron chi connectivity index (χ4n) is 1.83. The summed E-state index contributed by atoms with van der Waals surface area (Å²) in [7, 11) is 0. The fourth-order valence-corrected chi connectivity index (χ4v) is 1.83. The van der Waals surface area contributed by atoms with Crippen molar-refractivity contribution in [2.45, 2.75) is 13.8 Å². The number of pyridine rings is 1. The van der Waals surface area contributed by atoms with Gasteiger partial charge in [-0.3, -0.25) is 9.78 Å². The number of anilines is 1. The molecule has 0 atom stereocenters. The predicted octanol–water partition coefficient (Wildman–Crippen LogP) is 3.13. The Hall–Kier alpha value is -2.56. The summed E-state index contributed by atoms with van der Waals surface area (Å²) in [6.07, 6.45) is 3.25. The van der Waals surface area contributed by atoms with Crippen LogP contribution in [0.1, 0.15) is 24.2 Å². The van der Waals surface area contributed by atoms with Crippen LogP contribution >= 0.6 is 0 Å². The fraction of sp³-hybridized carbons (Fsp3) is 0.250. The van der Waals surface area contributed by atoms with E-state index in [1.807, 2.05) is 13.8 Å². The molecule has 0 saturated carbocycles. The number of carbonyl (C=O) groups is 1. The summed E-state index contributed by atoms with van der Waals surface area (Å²) in [5.41, 5.74) is 1.21. The summed E-state index contributed by atoms with van der Waals surface area (Å²) < 4.78 is 11.0. The number of nitrogens with zero attached hydrogens (tertiary/aromatic N) is 1. The van der Waals surface area contributed by atoms with E-state index in [1.165, 1.54) is 0 Å². The van der Waals surface area contributed by atoms with Crippen molar-refractivity contribution in [1.29, 1.82) is 0 Å². The van der Waals surface area contributed by atoms with E-state index in [2.05, 4.69) is 10.3 Å². The molecule has 1 aromatic heterocycles. The number of nitrogens with one attached hydrogen (secondary N) is 1. The molecule has 5 heteroatoms. The van der Waals surface area contributed by atoms with Crippen LogP contribution in [0.2, 0.25) is 0 Å². The Bertz CT molecular complexity index is 600. The Labute approximate surface area is 123 Å². The Balaban J connectivity index is 2.19. The largest absolute Gasteiger partial charge is 0.490 e. The van der Waals surface area contributed by atoms with Gasteiger partial charge < -0.3 is 14.8 Å². The second kappa shape index (κ2) is 7.28. The number of hydrogen-bond acceptors (Lipinski definition) is 4. The molecule has 1 heterocycles. The number of hydrogen-bond donors (Lipinski definition) is 1. The lowest BCUT2D eigenvalue weighted by molar-refractivity contribution is 0.102. The van der Waals surface area contributed by atoms with Crippen LogP contribution in [0, 0.1) is 0 Å². The molecular formula is C16H18N2O3. The zero-order chi connectivity index (χ0) is 15.1. The molecule has 21 heavy (non-hydrogen) atoms. The molecule has 1 amide bonds. The van der Waals surface area contributed by atoms with Gasteiger partial charge in [-0.05, 0) is 44.2 Å². The van der Waals surface area contributed by atoms with Gasteiger partial charge in [-0.15, -0.1) is 0 Å². The average molecular weight is 286 g/mol. The molecule has 0 unspecified atom stereocenters. The Morgan fingerprint density at radius 1 is 1.05 bits per heavy atom. The monoisotopic (exact) mass is 286 g/mol. The number of aromatic nitrogens is 1. The third-order valence-electron chi connectivity index (χ3n) is 2.74. The first-order valence-corrected chi connectivity index (χ1v) is 6.85. The van der Waals surface area contributed by atoms with Gasteiger partial charge in [0, 0.05) is 23.6 Å². The van der Waals surface area contributed by atoms with Gasteiger partial charge in [-0.1, -0.05) is 0 Å². The first-order valence-electron chi connectivity index (χ1n) is 6.85. The molecule has 0 aliphatic heterocycles. The maximum Gasteiger partial charge on any atom is 0.255 e. The SMILES string of the molecule is CCOc1ccc(C(=O)Nc2ccncc2)cc1OCC. The quantitative estimate of drug-likeness (QED) is 0.886. The lowest BCUT2D eigenvalue weighted by atomic mass is 10.2. The summed E-state index contributed by atoms with van der Waals surface area (Å²) in [4.78, 5) is 16.1. The van der Waals surface area contributed by atoms with Crippen LogP contribution in [0.25, 0.3) is 0 Å². The molecule has 0 radical (unpaired) electrons. The van der Waals surface area contributed by atoms with Crippen LogP contribution in [-0.2, 0) is 0 Å². The van der Waals surface area contributed by atoms with Gasteiger partial charge in [0.05, 0.1) is 13.2 Å². The first kappa shape index (κ1) is 14.8. The molecule has 0 aliphatic carbocycles. The first-order chi connectivity index (χ1) is 10.2. The molecule has 2 rings (SSSR count). The average Bonchev–Trinajstić information content (AvgIpc) is 2.50. The van der Waals surface area contributed by atoms with Gasteiger partial charge in [0.2, 0.25) is 0 Å². The molecule has 0 aliphatic rings. The van der Waals surface area contributed by atoms with Crippen molar-refractivity contribution in [3.05, 3.63) is 48.3 Å². The van der Waals surface area contributed by atoms with E-state index in [1.54, 1.807) is 42.7 Å². The highest BCUT2D eigenvalue weighted by atomic mass is 16.5. The van der Waals surface area contributed by atoms with E-state index in [-0.39, 0.29) is 5.91 Å². The molecule has 0 bridgehead atoms. The summed E-state index contributed by atoms with van der Waals surface area (Å²) in [5.74, 6) is 1.01. The van der Waals surface area contributed by atoms with Gasteiger partial charge in [0.1, 0.15) is 0 Å². The van der Waals surface area contributed by atoms with Gasteiger partial charge in [-0.2, -0.15) is 0 Å². The van der Waals surface area contributed by atoms with Crippen LogP contribution in [0.3, 0.4) is 0 Å². The number of carbonyl (C=O) groups excluding carboxylic acids is 1. The minimum atomic E-state index is -0.204. The Kier molecular flexibility index (Phi) is 5.15.